The molecule has 0 bridgehead atoms. The zero-order valence-electron chi connectivity index (χ0n) is 12.6. The van der Waals surface area contributed by atoms with Crippen molar-refractivity contribution in [1.29, 1.82) is 0 Å². The predicted molar refractivity (Wildman–Crippen MR) is 102 cm³/mol. The second-order valence-corrected chi connectivity index (χ2v) is 7.45. The summed E-state index contributed by atoms with van der Waals surface area (Å²) in [5.74, 6) is 2.80. The second-order valence-electron chi connectivity index (χ2n) is 5.18. The molecule has 0 aliphatic rings. The smallest absolute Gasteiger partial charge is 0.155 e. The summed E-state index contributed by atoms with van der Waals surface area (Å²) in [5.41, 5.74) is 2.30. The van der Waals surface area contributed by atoms with Crippen molar-refractivity contribution in [2.75, 3.05) is 7.11 Å². The number of hydrogen-bond acceptors (Lipinski definition) is 2. The van der Waals surface area contributed by atoms with E-state index in [-0.39, 0.29) is 0 Å². The van der Waals surface area contributed by atoms with Gasteiger partial charge in [0.2, 0.25) is 0 Å². The average molecular weight is 493 g/mol. The molecule has 0 amide bonds. The Kier molecular flexibility index (Phi) is 6.36. The highest BCUT2D eigenvalue weighted by Gasteiger charge is 2.13. The number of rotatable bonds is 5. The largest absolute Gasteiger partial charge is 0.496 e. The van der Waals surface area contributed by atoms with Crippen LogP contribution in [0.25, 0.3) is 0 Å². The van der Waals surface area contributed by atoms with E-state index in [2.05, 4.69) is 61.6 Å². The number of alkyl halides is 1. The predicted octanol–water partition coefficient (Wildman–Crippen LogP) is 7.03. The van der Waals surface area contributed by atoms with Gasteiger partial charge in [-0.25, -0.2) is 0 Å². The van der Waals surface area contributed by atoms with Gasteiger partial charge in [0.1, 0.15) is 11.5 Å². The first-order valence-electron chi connectivity index (χ1n) is 6.86. The van der Waals surface area contributed by atoms with Gasteiger partial charge in [-0.05, 0) is 73.7 Å². The fourth-order valence-corrected chi connectivity index (χ4v) is 3.90. The fraction of sp³-hybridized carbons (Fsp3) is 0.294. The minimum atomic E-state index is 0.362. The normalized spacial score (nSPS) is 10.9. The lowest BCUT2D eigenvalue weighted by Crippen LogP contribution is -1.96. The minimum absolute atomic E-state index is 0.362. The van der Waals surface area contributed by atoms with Crippen LogP contribution in [0.4, 0.5) is 0 Å². The summed E-state index contributed by atoms with van der Waals surface area (Å²) >= 11 is 10.6. The monoisotopic (exact) mass is 490 g/mol. The van der Waals surface area contributed by atoms with Crippen molar-refractivity contribution in [2.45, 2.75) is 25.1 Å². The van der Waals surface area contributed by atoms with Crippen LogP contribution in [-0.4, -0.2) is 7.11 Å². The van der Waals surface area contributed by atoms with Gasteiger partial charge in [-0.3, -0.25) is 0 Å². The lowest BCUT2D eigenvalue weighted by Gasteiger charge is -2.15. The van der Waals surface area contributed by atoms with Crippen LogP contribution in [0.5, 0.6) is 17.2 Å². The Bertz CT molecular complexity index is 646. The third-order valence-electron chi connectivity index (χ3n) is 3.26. The van der Waals surface area contributed by atoms with E-state index >= 15 is 0 Å². The Hall–Kier alpha value is -0.520. The number of hydrogen-bond donors (Lipinski definition) is 0. The van der Waals surface area contributed by atoms with Crippen LogP contribution in [0.1, 0.15) is 30.9 Å². The SMILES string of the molecule is COc1ccc(Oc2c(Br)cc(CBr)cc2Br)cc1C(C)C. The van der Waals surface area contributed by atoms with Gasteiger partial charge < -0.3 is 9.47 Å². The van der Waals surface area contributed by atoms with Crippen molar-refractivity contribution in [2.24, 2.45) is 0 Å². The molecule has 0 atom stereocenters. The van der Waals surface area contributed by atoms with E-state index in [1.165, 1.54) is 5.56 Å². The standard InChI is InChI=1S/C17H17Br3O2/c1-10(2)13-8-12(4-5-16(13)21-3)22-17-14(19)6-11(9-18)7-15(17)20/h4-8,10H,9H2,1-3H3. The lowest BCUT2D eigenvalue weighted by molar-refractivity contribution is 0.405. The zero-order chi connectivity index (χ0) is 16.3. The summed E-state index contributed by atoms with van der Waals surface area (Å²) < 4.78 is 13.3. The molecule has 0 saturated heterocycles. The first-order valence-corrected chi connectivity index (χ1v) is 9.56. The van der Waals surface area contributed by atoms with E-state index in [1.54, 1.807) is 7.11 Å². The summed E-state index contributed by atoms with van der Waals surface area (Å²) in [4.78, 5) is 0. The van der Waals surface area contributed by atoms with Crippen molar-refractivity contribution in [3.05, 3.63) is 50.4 Å². The Labute approximate surface area is 156 Å². The van der Waals surface area contributed by atoms with Gasteiger partial charge in [0.05, 0.1) is 16.1 Å². The third kappa shape index (κ3) is 4.06. The highest BCUT2D eigenvalue weighted by molar-refractivity contribution is 9.11. The van der Waals surface area contributed by atoms with Crippen LogP contribution in [0, 0.1) is 0 Å². The van der Waals surface area contributed by atoms with Crippen LogP contribution in [0.3, 0.4) is 0 Å². The molecule has 0 aliphatic carbocycles. The maximum atomic E-state index is 6.07. The zero-order valence-corrected chi connectivity index (χ0v) is 17.4. The van der Waals surface area contributed by atoms with E-state index in [9.17, 15) is 0 Å². The van der Waals surface area contributed by atoms with E-state index in [0.717, 1.165) is 37.1 Å². The number of methoxy groups -OCH3 is 1. The Morgan fingerprint density at radius 2 is 1.68 bits per heavy atom. The summed E-state index contributed by atoms with van der Waals surface area (Å²) in [6.45, 7) is 4.27. The summed E-state index contributed by atoms with van der Waals surface area (Å²) in [7, 11) is 1.69. The molecular formula is C17H17Br3O2. The van der Waals surface area contributed by atoms with Gasteiger partial charge in [0.15, 0.2) is 5.75 Å². The van der Waals surface area contributed by atoms with Crippen molar-refractivity contribution < 1.29 is 9.47 Å². The molecule has 2 aromatic rings. The van der Waals surface area contributed by atoms with Gasteiger partial charge in [-0.1, -0.05) is 29.8 Å². The lowest BCUT2D eigenvalue weighted by atomic mass is 10.0. The Morgan fingerprint density at radius 1 is 1.05 bits per heavy atom. The molecule has 0 radical (unpaired) electrons. The molecule has 118 valence electrons. The maximum Gasteiger partial charge on any atom is 0.155 e. The minimum Gasteiger partial charge on any atom is -0.496 e. The van der Waals surface area contributed by atoms with Crippen LogP contribution >= 0.6 is 47.8 Å². The van der Waals surface area contributed by atoms with Gasteiger partial charge in [-0.2, -0.15) is 0 Å². The number of benzene rings is 2. The van der Waals surface area contributed by atoms with Crippen LogP contribution in [0.2, 0.25) is 0 Å². The third-order valence-corrected chi connectivity index (χ3v) is 5.08. The molecule has 0 spiro atoms. The molecule has 22 heavy (non-hydrogen) atoms. The fourth-order valence-electron chi connectivity index (χ4n) is 2.13. The average Bonchev–Trinajstić information content (AvgIpc) is 2.50. The maximum absolute atomic E-state index is 6.07. The molecule has 0 aromatic heterocycles. The van der Waals surface area contributed by atoms with Crippen molar-refractivity contribution in [1.82, 2.24) is 0 Å². The highest BCUT2D eigenvalue weighted by atomic mass is 79.9. The molecule has 0 saturated carbocycles. The summed E-state index contributed by atoms with van der Waals surface area (Å²) in [5, 5.41) is 0.796. The number of ether oxygens (including phenoxy) is 2. The van der Waals surface area contributed by atoms with Crippen molar-refractivity contribution >= 4 is 47.8 Å². The van der Waals surface area contributed by atoms with E-state index in [0.29, 0.717) is 5.92 Å². The molecule has 0 heterocycles. The van der Waals surface area contributed by atoms with Crippen molar-refractivity contribution in [3.63, 3.8) is 0 Å². The molecule has 0 fully saturated rings. The topological polar surface area (TPSA) is 18.5 Å². The second kappa shape index (κ2) is 7.84. The molecule has 2 rings (SSSR count). The highest BCUT2D eigenvalue weighted by Crippen LogP contribution is 2.39. The van der Waals surface area contributed by atoms with Gasteiger partial charge in [-0.15, -0.1) is 0 Å². The van der Waals surface area contributed by atoms with E-state index in [4.69, 9.17) is 9.47 Å². The van der Waals surface area contributed by atoms with Crippen LogP contribution in [-0.2, 0) is 5.33 Å². The quantitative estimate of drug-likeness (QED) is 0.417. The van der Waals surface area contributed by atoms with Gasteiger partial charge in [0.25, 0.3) is 0 Å². The summed E-state index contributed by atoms with van der Waals surface area (Å²) in [6.07, 6.45) is 0. The van der Waals surface area contributed by atoms with Crippen molar-refractivity contribution in [3.8, 4) is 17.2 Å². The summed E-state index contributed by atoms with van der Waals surface area (Å²) in [6, 6.07) is 9.98. The molecule has 0 aliphatic heterocycles. The Morgan fingerprint density at radius 3 is 2.18 bits per heavy atom. The first kappa shape index (κ1) is 17.8. The van der Waals surface area contributed by atoms with Gasteiger partial charge in [0, 0.05) is 10.9 Å². The van der Waals surface area contributed by atoms with E-state index < -0.39 is 0 Å². The number of halogens is 3. The molecule has 0 unspecified atom stereocenters. The Balaban J connectivity index is 2.37. The molecular weight excluding hydrogens is 476 g/mol. The molecule has 2 aromatic carbocycles. The molecule has 2 nitrogen and oxygen atoms in total. The van der Waals surface area contributed by atoms with Gasteiger partial charge >= 0.3 is 0 Å². The first-order chi connectivity index (χ1) is 10.5. The molecule has 0 N–H and O–H groups in total. The van der Waals surface area contributed by atoms with Crippen LogP contribution in [0.15, 0.2) is 39.3 Å². The van der Waals surface area contributed by atoms with E-state index in [1.807, 2.05) is 30.3 Å². The molecule has 5 heteroatoms. The van der Waals surface area contributed by atoms with Crippen LogP contribution < -0.4 is 9.47 Å².